The summed E-state index contributed by atoms with van der Waals surface area (Å²) in [5.74, 6) is 0.208. The highest BCUT2D eigenvalue weighted by Gasteiger charge is 2.60. The van der Waals surface area contributed by atoms with Crippen LogP contribution in [-0.4, -0.2) is 10.9 Å². The highest BCUT2D eigenvalue weighted by atomic mass is 16.3. The topological polar surface area (TPSA) is 37.3 Å². The van der Waals surface area contributed by atoms with Crippen molar-refractivity contribution in [2.75, 3.05) is 0 Å². The van der Waals surface area contributed by atoms with E-state index in [9.17, 15) is 5.11 Å². The summed E-state index contributed by atoms with van der Waals surface area (Å²) >= 11 is 0. The molecule has 0 aromatic heterocycles. The first-order chi connectivity index (χ1) is 32.5. The Labute approximate surface area is 389 Å². The van der Waals surface area contributed by atoms with Crippen LogP contribution >= 0.6 is 0 Å². The predicted octanol–water partition coefficient (Wildman–Crippen LogP) is 16.3. The number of benzene rings is 9. The first-order valence-corrected chi connectivity index (χ1v) is 23.5. The van der Waals surface area contributed by atoms with Gasteiger partial charge in [-0.05, 0) is 98.5 Å². The van der Waals surface area contributed by atoms with Gasteiger partial charge >= 0.3 is 0 Å². The van der Waals surface area contributed by atoms with E-state index in [4.69, 9.17) is 0 Å². The number of hydrogen-bond acceptors (Lipinski definition) is 2. The normalized spacial score (nSPS) is 14.0. The third-order valence-corrected chi connectivity index (χ3v) is 14.3. The summed E-state index contributed by atoms with van der Waals surface area (Å²) in [4.78, 5) is 17.3. The second kappa shape index (κ2) is 18.5. The molecular formula is C64H54O2. The summed E-state index contributed by atoms with van der Waals surface area (Å²) < 4.78 is 0. The molecule has 0 spiro atoms. The molecule has 9 aromatic rings. The van der Waals surface area contributed by atoms with E-state index in [1.165, 1.54) is 12.0 Å². The van der Waals surface area contributed by atoms with Crippen LogP contribution in [0.4, 0.5) is 0 Å². The van der Waals surface area contributed by atoms with Crippen LogP contribution in [0, 0.1) is 0 Å². The van der Waals surface area contributed by atoms with E-state index in [0.29, 0.717) is 11.1 Å². The molecule has 1 aliphatic carbocycles. The molecule has 1 aliphatic rings. The second-order valence-electron chi connectivity index (χ2n) is 17.9. The lowest BCUT2D eigenvalue weighted by atomic mass is 9.47. The maximum Gasteiger partial charge on any atom is 0.174 e. The number of aromatic hydroxyl groups is 1. The van der Waals surface area contributed by atoms with Gasteiger partial charge < -0.3 is 5.11 Å². The van der Waals surface area contributed by atoms with Crippen LogP contribution in [0.2, 0.25) is 0 Å². The van der Waals surface area contributed by atoms with Gasteiger partial charge in [0, 0.05) is 11.1 Å². The van der Waals surface area contributed by atoms with Gasteiger partial charge in [-0.25, -0.2) is 0 Å². The third kappa shape index (κ3) is 7.28. The molecule has 1 unspecified atom stereocenters. The van der Waals surface area contributed by atoms with Crippen molar-refractivity contribution in [1.82, 2.24) is 0 Å². The SMILES string of the molecule is CC(C(=O)c1ccccc1)(c1c(-c2ccccc2)c(-c2ccccc2)c(-c2ccccc2)c(-c2ccccc2)c1C1CCCCC1)C(c1ccccc1)(c1ccccc1)c1ccccc1O. The van der Waals surface area contributed by atoms with Gasteiger partial charge in [-0.2, -0.15) is 0 Å². The van der Waals surface area contributed by atoms with Crippen LogP contribution in [0.15, 0.2) is 237 Å². The van der Waals surface area contributed by atoms with Crippen LogP contribution in [0.1, 0.15) is 83.1 Å². The van der Waals surface area contributed by atoms with E-state index >= 15 is 4.79 Å². The van der Waals surface area contributed by atoms with Crippen molar-refractivity contribution in [3.63, 3.8) is 0 Å². The van der Waals surface area contributed by atoms with Crippen LogP contribution in [0.5, 0.6) is 5.75 Å². The molecule has 66 heavy (non-hydrogen) atoms. The minimum Gasteiger partial charge on any atom is -0.508 e. The van der Waals surface area contributed by atoms with Crippen LogP contribution in [-0.2, 0) is 10.8 Å². The summed E-state index contributed by atoms with van der Waals surface area (Å²) in [6.45, 7) is 2.22. The van der Waals surface area contributed by atoms with Gasteiger partial charge in [-0.15, -0.1) is 0 Å². The van der Waals surface area contributed by atoms with Gasteiger partial charge in [0.2, 0.25) is 0 Å². The number of carbonyl (C=O) groups is 1. The fourth-order valence-electron chi connectivity index (χ4n) is 11.5. The Balaban J connectivity index is 1.57. The van der Waals surface area contributed by atoms with E-state index in [1.54, 1.807) is 6.07 Å². The number of carbonyl (C=O) groups excluding carboxylic acids is 1. The zero-order chi connectivity index (χ0) is 44.9. The van der Waals surface area contributed by atoms with Gasteiger partial charge in [0.15, 0.2) is 5.78 Å². The van der Waals surface area contributed by atoms with Crippen LogP contribution in [0.25, 0.3) is 44.5 Å². The number of phenols is 1. The van der Waals surface area contributed by atoms with E-state index < -0.39 is 10.8 Å². The minimum absolute atomic E-state index is 0.0289. The summed E-state index contributed by atoms with van der Waals surface area (Å²) in [5, 5.41) is 12.7. The van der Waals surface area contributed by atoms with Crippen LogP contribution < -0.4 is 0 Å². The molecule has 9 aromatic carbocycles. The Morgan fingerprint density at radius 2 is 0.788 bits per heavy atom. The smallest absolute Gasteiger partial charge is 0.174 e. The maximum atomic E-state index is 17.3. The Hall–Kier alpha value is -7.55. The summed E-state index contributed by atoms with van der Waals surface area (Å²) in [7, 11) is 0. The van der Waals surface area contributed by atoms with Crippen LogP contribution in [0.3, 0.4) is 0 Å². The molecule has 0 radical (unpaired) electrons. The number of hydrogen-bond donors (Lipinski definition) is 1. The molecule has 0 saturated heterocycles. The molecule has 322 valence electrons. The Bertz CT molecular complexity index is 3010. The monoisotopic (exact) mass is 854 g/mol. The Morgan fingerprint density at radius 1 is 0.424 bits per heavy atom. The Morgan fingerprint density at radius 3 is 1.24 bits per heavy atom. The first-order valence-electron chi connectivity index (χ1n) is 23.5. The maximum absolute atomic E-state index is 17.3. The Kier molecular flexibility index (Phi) is 11.9. The standard InChI is InChI=1S/C64H54O2/c1-63(62(66)51-38-20-7-21-39-51,64(52-40-22-8-23-41-52,53-42-24-9-25-43-53)54-44-26-27-45-55(54)65)61-59(49-34-16-5-17-35-49)57(47-30-12-3-13-31-47)56(46-28-10-2-11-29-46)58(48-32-14-4-15-33-48)60(61)50-36-18-6-19-37-50/h2-5,7-17,20-35,38-45,50,65H,6,18-19,36-37H2,1H3. The van der Waals surface area contributed by atoms with Gasteiger partial charge in [-0.3, -0.25) is 4.79 Å². The van der Waals surface area contributed by atoms with Crippen molar-refractivity contribution in [3.8, 4) is 50.3 Å². The van der Waals surface area contributed by atoms with Gasteiger partial charge in [0.1, 0.15) is 5.75 Å². The number of Topliss-reactive ketones (excluding diaryl/α,β-unsaturated/α-hetero) is 1. The van der Waals surface area contributed by atoms with E-state index in [-0.39, 0.29) is 17.5 Å². The van der Waals surface area contributed by atoms with E-state index in [1.807, 2.05) is 60.7 Å². The molecule has 2 heteroatoms. The van der Waals surface area contributed by atoms with E-state index in [0.717, 1.165) is 86.9 Å². The zero-order valence-corrected chi connectivity index (χ0v) is 37.5. The van der Waals surface area contributed by atoms with Gasteiger partial charge in [0.05, 0.1) is 10.8 Å². The van der Waals surface area contributed by atoms with Crippen molar-refractivity contribution in [3.05, 3.63) is 270 Å². The lowest BCUT2D eigenvalue weighted by Gasteiger charge is -2.52. The molecule has 1 N–H and O–H groups in total. The predicted molar refractivity (Wildman–Crippen MR) is 273 cm³/mol. The van der Waals surface area contributed by atoms with Crippen molar-refractivity contribution in [2.24, 2.45) is 0 Å². The molecule has 0 amide bonds. The molecule has 0 bridgehead atoms. The number of phenolic OH excluding ortho intramolecular Hbond substituents is 1. The van der Waals surface area contributed by atoms with Crippen molar-refractivity contribution in [1.29, 1.82) is 0 Å². The first kappa shape index (κ1) is 42.4. The largest absolute Gasteiger partial charge is 0.508 e. The van der Waals surface area contributed by atoms with Crippen molar-refractivity contribution >= 4 is 5.78 Å². The van der Waals surface area contributed by atoms with E-state index in [2.05, 4.69) is 177 Å². The quantitative estimate of drug-likeness (QED) is 0.0982. The van der Waals surface area contributed by atoms with Gasteiger partial charge in [0.25, 0.3) is 0 Å². The number of rotatable bonds is 12. The summed E-state index contributed by atoms with van der Waals surface area (Å²) in [6, 6.07) is 82.0. The highest BCUT2D eigenvalue weighted by molar-refractivity contribution is 6.12. The highest BCUT2D eigenvalue weighted by Crippen LogP contribution is 2.63. The average molecular weight is 855 g/mol. The third-order valence-electron chi connectivity index (χ3n) is 14.3. The minimum atomic E-state index is -1.46. The molecule has 10 rings (SSSR count). The molecule has 0 aliphatic heterocycles. The molecule has 2 nitrogen and oxygen atoms in total. The van der Waals surface area contributed by atoms with Crippen molar-refractivity contribution < 1.29 is 9.90 Å². The lowest BCUT2D eigenvalue weighted by molar-refractivity contribution is 0.0846. The van der Waals surface area contributed by atoms with Gasteiger partial charge in [-0.1, -0.05) is 250 Å². The molecule has 0 heterocycles. The zero-order valence-electron chi connectivity index (χ0n) is 37.5. The average Bonchev–Trinajstić information content (AvgIpc) is 3.40. The number of para-hydroxylation sites is 1. The fourth-order valence-corrected chi connectivity index (χ4v) is 11.5. The molecular weight excluding hydrogens is 801 g/mol. The second-order valence-corrected chi connectivity index (χ2v) is 17.9. The fraction of sp³-hybridized carbons (Fsp3) is 0.141. The number of ketones is 1. The molecule has 1 fully saturated rings. The summed E-state index contributed by atoms with van der Waals surface area (Å²) in [6.07, 6.45) is 5.31. The van der Waals surface area contributed by atoms with Crippen molar-refractivity contribution in [2.45, 2.75) is 55.8 Å². The molecule has 1 saturated carbocycles. The molecule has 1 atom stereocenters. The summed E-state index contributed by atoms with van der Waals surface area (Å²) in [5.41, 5.74) is 11.2. The lowest BCUT2D eigenvalue weighted by Crippen LogP contribution is -2.55.